The van der Waals surface area contributed by atoms with E-state index in [9.17, 15) is 23.4 Å². The topological polar surface area (TPSA) is 190 Å². The molecule has 0 fully saturated rings. The number of nitrogens with one attached hydrogen (secondary N) is 3. The lowest BCUT2D eigenvalue weighted by atomic mass is 9.80. The number of fused-ring (bicyclic) bond motifs is 9. The molecular weight excluding hydrogens is 1100 g/mol. The van der Waals surface area contributed by atoms with Gasteiger partial charge in [-0.3, -0.25) is 14.4 Å². The fourth-order valence-corrected chi connectivity index (χ4v) is 12.9. The zero-order valence-electron chi connectivity index (χ0n) is 46.0. The van der Waals surface area contributed by atoms with E-state index in [0.29, 0.717) is 73.0 Å². The standard InChI is InChI=1S/C64H56FN9O8P2/c1-66-70-41-13-15-42(16-14-41)71(37-81-64(38-7-5-4-6-8-38,39-9-17-43(79-2)18-10-39)40-11-19-44(80-3)20-12-40)36-60(75)72-30-27-45-48-33-54(67-51(48)21-24-57(45)72)61(76)73-31-28-46-49-34-55(68-52(49)22-25-58(46)73)62(77)74-32-29-47-50-35-56(63(78)82-84(65)83)69-53(50)23-26-59(47)74/h4-26,33-35,67-69H,27-32,36-37,83H2,1-3H3. The lowest BCUT2D eigenvalue weighted by molar-refractivity contribution is -0.117. The molecule has 0 bridgehead atoms. The maximum Gasteiger partial charge on any atom is 0.359 e. The molecule has 3 aromatic heterocycles. The lowest BCUT2D eigenvalue weighted by Gasteiger charge is -2.38. The van der Waals surface area contributed by atoms with Crippen LogP contribution in [0.3, 0.4) is 0 Å². The van der Waals surface area contributed by atoms with Crippen LogP contribution in [0.15, 0.2) is 168 Å². The molecule has 3 aliphatic rings. The van der Waals surface area contributed by atoms with Crippen molar-refractivity contribution in [1.29, 1.82) is 0 Å². The monoisotopic (exact) mass is 1160 g/mol. The number of benzene rings is 7. The first kappa shape index (κ1) is 54.1. The maximum absolute atomic E-state index is 15.0. The largest absolute Gasteiger partial charge is 0.497 e. The van der Waals surface area contributed by atoms with Crippen molar-refractivity contribution >= 4 is 102 Å². The summed E-state index contributed by atoms with van der Waals surface area (Å²) in [5.41, 5.74) is 11.2. The molecule has 422 valence electrons. The molecular formula is C64H56FN9O8P2. The number of carbonyl (C=O) groups excluding carboxylic acids is 4. The molecule has 0 saturated heterocycles. The van der Waals surface area contributed by atoms with Crippen LogP contribution in [-0.2, 0) is 38.9 Å². The Labute approximate surface area is 485 Å². The van der Waals surface area contributed by atoms with Crippen LogP contribution in [0.2, 0.25) is 0 Å². The summed E-state index contributed by atoms with van der Waals surface area (Å²) in [5, 5.41) is 10.7. The minimum absolute atomic E-state index is 0.00939. The van der Waals surface area contributed by atoms with Crippen molar-refractivity contribution in [1.82, 2.24) is 15.0 Å². The number of hydrogen-bond acceptors (Lipinski definition) is 11. The second kappa shape index (κ2) is 22.2. The number of H-pyrrole nitrogens is 3. The lowest BCUT2D eigenvalue weighted by Crippen LogP contribution is -2.43. The molecule has 0 aliphatic carbocycles. The third-order valence-electron chi connectivity index (χ3n) is 16.3. The number of nitrogens with zero attached hydrogens (tertiary/aromatic N) is 6. The molecule has 10 aromatic rings. The van der Waals surface area contributed by atoms with Crippen LogP contribution in [0.1, 0.15) is 64.8 Å². The number of aromatic nitrogens is 3. The summed E-state index contributed by atoms with van der Waals surface area (Å²) in [6.07, 6.45) is 1.74. The van der Waals surface area contributed by atoms with Gasteiger partial charge in [-0.2, -0.15) is 14.4 Å². The second-order valence-electron chi connectivity index (χ2n) is 20.8. The molecule has 20 heteroatoms. The molecule has 2 unspecified atom stereocenters. The smallest absolute Gasteiger partial charge is 0.359 e. The van der Waals surface area contributed by atoms with Gasteiger partial charge < -0.3 is 53.3 Å². The van der Waals surface area contributed by atoms with E-state index in [-0.39, 0.29) is 36.7 Å². The van der Waals surface area contributed by atoms with Crippen LogP contribution >= 0.6 is 17.1 Å². The van der Waals surface area contributed by atoms with E-state index in [1.807, 2.05) is 164 Å². The summed E-state index contributed by atoms with van der Waals surface area (Å²) in [7, 11) is 4.30. The molecule has 0 radical (unpaired) electrons. The Morgan fingerprint density at radius 3 is 1.52 bits per heavy atom. The van der Waals surface area contributed by atoms with Gasteiger partial charge in [0.05, 0.1) is 26.5 Å². The van der Waals surface area contributed by atoms with E-state index in [1.165, 1.54) is 0 Å². The molecule has 3 amide bonds. The quantitative estimate of drug-likeness (QED) is 0.0366. The first-order valence-electron chi connectivity index (χ1n) is 27.4. The highest BCUT2D eigenvalue weighted by Crippen LogP contribution is 2.48. The predicted molar refractivity (Wildman–Crippen MR) is 327 cm³/mol. The van der Waals surface area contributed by atoms with E-state index >= 15 is 0 Å². The first-order chi connectivity index (χ1) is 40.9. The van der Waals surface area contributed by atoms with Crippen LogP contribution in [0.5, 0.6) is 11.5 Å². The number of halogens is 1. The van der Waals surface area contributed by atoms with Crippen LogP contribution in [-0.4, -0.2) is 92.8 Å². The Balaban J connectivity index is 0.754. The van der Waals surface area contributed by atoms with E-state index in [4.69, 9.17) is 18.7 Å². The average molecular weight is 1160 g/mol. The Morgan fingerprint density at radius 1 is 0.595 bits per heavy atom. The van der Waals surface area contributed by atoms with Gasteiger partial charge >= 0.3 is 5.97 Å². The zero-order chi connectivity index (χ0) is 57.8. The van der Waals surface area contributed by atoms with Crippen LogP contribution in [0, 0.1) is 0 Å². The highest BCUT2D eigenvalue weighted by molar-refractivity contribution is 8.08. The van der Waals surface area contributed by atoms with Crippen LogP contribution < -0.4 is 29.1 Å². The molecule has 2 atom stereocenters. The Hall–Kier alpha value is -9.21. The van der Waals surface area contributed by atoms with Crippen molar-refractivity contribution in [2.24, 2.45) is 10.2 Å². The molecule has 6 heterocycles. The summed E-state index contributed by atoms with van der Waals surface area (Å²) in [4.78, 5) is 73.4. The van der Waals surface area contributed by atoms with Crippen molar-refractivity contribution in [2.75, 3.05) is 73.8 Å². The number of aromatic amines is 3. The summed E-state index contributed by atoms with van der Waals surface area (Å²) in [5.74, 6) is 0.0874. The van der Waals surface area contributed by atoms with Crippen molar-refractivity contribution in [3.05, 3.63) is 208 Å². The number of carbonyl (C=O) groups is 4. The van der Waals surface area contributed by atoms with Crippen molar-refractivity contribution in [3.8, 4) is 11.5 Å². The number of amides is 3. The highest BCUT2D eigenvalue weighted by atomic mass is 32.0. The minimum atomic E-state index is -2.45. The SMILES string of the molecule is CN=Nc1ccc(N(COC(c2ccccc2)(c2ccc(OC)cc2)c2ccc(OC)cc2)CC(=O)N2CCc3c2ccc2[nH]c(C(=O)N4CCc5c4ccc4[nH]c(C(=O)N6CCc7c6ccc6[nH]c(C(=O)OP(F)P)cc76)cc54)cc32)cc1. The number of methoxy groups -OCH3 is 2. The highest BCUT2D eigenvalue weighted by Gasteiger charge is 2.40. The minimum Gasteiger partial charge on any atom is -0.497 e. The number of rotatable bonds is 16. The van der Waals surface area contributed by atoms with Gasteiger partial charge in [0.25, 0.3) is 20.0 Å². The normalized spacial score (nSPS) is 14.1. The summed E-state index contributed by atoms with van der Waals surface area (Å²) < 4.78 is 36.8. The van der Waals surface area contributed by atoms with Gasteiger partial charge in [-0.1, -0.05) is 54.6 Å². The van der Waals surface area contributed by atoms with E-state index < -0.39 is 19.7 Å². The van der Waals surface area contributed by atoms with E-state index in [2.05, 4.69) is 25.2 Å². The summed E-state index contributed by atoms with van der Waals surface area (Å²) in [6.45, 7) is 1.28. The van der Waals surface area contributed by atoms with Gasteiger partial charge in [0.2, 0.25) is 5.91 Å². The molecule has 3 N–H and O–H groups in total. The first-order valence-corrected chi connectivity index (χ1v) is 30.1. The predicted octanol–water partition coefficient (Wildman–Crippen LogP) is 12.9. The molecule has 7 aromatic carbocycles. The fraction of sp³-hybridized carbons (Fsp3) is 0.188. The second-order valence-corrected chi connectivity index (χ2v) is 22.7. The van der Waals surface area contributed by atoms with E-state index in [0.717, 1.165) is 83.3 Å². The van der Waals surface area contributed by atoms with Crippen molar-refractivity contribution < 1.29 is 42.1 Å². The van der Waals surface area contributed by atoms with Gasteiger partial charge in [-0.15, -0.1) is 0 Å². The number of ether oxygens (including phenoxy) is 3. The van der Waals surface area contributed by atoms with Crippen molar-refractivity contribution in [2.45, 2.75) is 24.9 Å². The molecule has 0 spiro atoms. The van der Waals surface area contributed by atoms with E-state index in [1.54, 1.807) is 43.2 Å². The third kappa shape index (κ3) is 9.59. The Morgan fingerprint density at radius 2 is 1.05 bits per heavy atom. The molecule has 13 rings (SSSR count). The average Bonchev–Trinajstić information content (AvgIpc) is 2.17. The molecule has 0 saturated carbocycles. The molecule has 17 nitrogen and oxygen atoms in total. The van der Waals surface area contributed by atoms with Gasteiger partial charge in [-0.25, -0.2) is 4.79 Å². The number of anilines is 4. The van der Waals surface area contributed by atoms with Crippen LogP contribution in [0.4, 0.5) is 32.6 Å². The Kier molecular flexibility index (Phi) is 14.3. The number of hydrogen-bond donors (Lipinski definition) is 3. The van der Waals surface area contributed by atoms with Crippen LogP contribution in [0.25, 0.3) is 32.7 Å². The molecule has 3 aliphatic heterocycles. The Bertz CT molecular complexity index is 4200. The fourth-order valence-electron chi connectivity index (χ4n) is 12.3. The summed E-state index contributed by atoms with van der Waals surface area (Å²) in [6, 6.07) is 50.0. The van der Waals surface area contributed by atoms with Crippen molar-refractivity contribution in [3.63, 3.8) is 0 Å². The maximum atomic E-state index is 15.0. The van der Waals surface area contributed by atoms with Gasteiger partial charge in [0.15, 0.2) is 0 Å². The molecule has 84 heavy (non-hydrogen) atoms. The van der Waals surface area contributed by atoms with Gasteiger partial charge in [0, 0.05) is 82.1 Å². The third-order valence-corrected chi connectivity index (χ3v) is 17.0. The van der Waals surface area contributed by atoms with Gasteiger partial charge in [-0.05, 0) is 165 Å². The van der Waals surface area contributed by atoms with Gasteiger partial charge in [0.1, 0.15) is 40.9 Å². The number of azo groups is 1. The zero-order valence-corrected chi connectivity index (χ0v) is 48.1. The summed E-state index contributed by atoms with van der Waals surface area (Å²) >= 11 is 0.